The monoisotopic (exact) mass is 430 g/mol. The minimum atomic E-state index is -0.126. The van der Waals surface area contributed by atoms with E-state index in [1.165, 1.54) is 11.8 Å². The lowest BCUT2D eigenvalue weighted by atomic mass is 10.2. The standard InChI is InChI=1S/C24H22N4O2S/c1-17-9-6-7-14-22(17)28-18(2)26-27-24(28)31-16-23(29)25-19-10-8-13-21(15-19)30-20-11-4-3-5-12-20/h3-15H,16H2,1-2H3,(H,25,29). The van der Waals surface area contributed by atoms with E-state index >= 15 is 0 Å². The number of nitrogens with zero attached hydrogens (tertiary/aromatic N) is 3. The van der Waals surface area contributed by atoms with Gasteiger partial charge in [0, 0.05) is 11.8 Å². The van der Waals surface area contributed by atoms with Gasteiger partial charge in [0.1, 0.15) is 17.3 Å². The molecule has 1 N–H and O–H groups in total. The van der Waals surface area contributed by atoms with Gasteiger partial charge in [0.25, 0.3) is 0 Å². The van der Waals surface area contributed by atoms with Crippen molar-refractivity contribution >= 4 is 23.4 Å². The molecular formula is C24H22N4O2S. The molecule has 0 radical (unpaired) electrons. The lowest BCUT2D eigenvalue weighted by molar-refractivity contribution is -0.113. The third kappa shape index (κ3) is 5.13. The fourth-order valence-corrected chi connectivity index (χ4v) is 3.91. The van der Waals surface area contributed by atoms with Crippen molar-refractivity contribution in [2.75, 3.05) is 11.1 Å². The highest BCUT2D eigenvalue weighted by Crippen LogP contribution is 2.26. The quantitative estimate of drug-likeness (QED) is 0.397. The van der Waals surface area contributed by atoms with Crippen LogP contribution >= 0.6 is 11.8 Å². The van der Waals surface area contributed by atoms with Crippen molar-refractivity contribution in [1.29, 1.82) is 0 Å². The first-order valence-electron chi connectivity index (χ1n) is 9.84. The predicted molar refractivity (Wildman–Crippen MR) is 123 cm³/mol. The summed E-state index contributed by atoms with van der Waals surface area (Å²) in [6.07, 6.45) is 0. The molecule has 1 amide bonds. The fourth-order valence-electron chi connectivity index (χ4n) is 3.12. The van der Waals surface area contributed by atoms with Gasteiger partial charge >= 0.3 is 0 Å². The molecule has 3 aromatic carbocycles. The largest absolute Gasteiger partial charge is 0.457 e. The Morgan fingerprint density at radius 2 is 1.68 bits per heavy atom. The zero-order valence-electron chi connectivity index (χ0n) is 17.3. The molecule has 7 heteroatoms. The Bertz CT molecular complexity index is 1190. The Morgan fingerprint density at radius 1 is 0.935 bits per heavy atom. The van der Waals surface area contributed by atoms with Gasteiger partial charge in [0.05, 0.1) is 11.4 Å². The van der Waals surface area contributed by atoms with E-state index in [9.17, 15) is 4.79 Å². The fraction of sp³-hybridized carbons (Fsp3) is 0.125. The minimum Gasteiger partial charge on any atom is -0.457 e. The maximum absolute atomic E-state index is 12.5. The highest BCUT2D eigenvalue weighted by atomic mass is 32.2. The summed E-state index contributed by atoms with van der Waals surface area (Å²) >= 11 is 1.35. The van der Waals surface area contributed by atoms with Gasteiger partial charge in [-0.15, -0.1) is 10.2 Å². The molecule has 0 aliphatic rings. The second-order valence-corrected chi connectivity index (χ2v) is 7.87. The van der Waals surface area contributed by atoms with E-state index in [2.05, 4.69) is 15.5 Å². The highest BCUT2D eigenvalue weighted by Gasteiger charge is 2.15. The number of rotatable bonds is 7. The smallest absolute Gasteiger partial charge is 0.234 e. The third-order valence-corrected chi connectivity index (χ3v) is 5.51. The number of anilines is 1. The van der Waals surface area contributed by atoms with Crippen LogP contribution in [-0.2, 0) is 4.79 Å². The normalized spacial score (nSPS) is 10.6. The van der Waals surface area contributed by atoms with E-state index in [0.29, 0.717) is 16.6 Å². The molecule has 0 aliphatic carbocycles. The molecule has 0 aliphatic heterocycles. The molecule has 31 heavy (non-hydrogen) atoms. The van der Waals surface area contributed by atoms with Crippen LogP contribution in [0.1, 0.15) is 11.4 Å². The van der Waals surface area contributed by atoms with Gasteiger partial charge in [0.15, 0.2) is 5.16 Å². The summed E-state index contributed by atoms with van der Waals surface area (Å²) in [7, 11) is 0. The Hall–Kier alpha value is -3.58. The van der Waals surface area contributed by atoms with Crippen LogP contribution in [0.5, 0.6) is 11.5 Å². The molecule has 6 nitrogen and oxygen atoms in total. The summed E-state index contributed by atoms with van der Waals surface area (Å²) in [6.45, 7) is 3.95. The van der Waals surface area contributed by atoms with Crippen molar-refractivity contribution < 1.29 is 9.53 Å². The van der Waals surface area contributed by atoms with Gasteiger partial charge in [-0.25, -0.2) is 0 Å². The lowest BCUT2D eigenvalue weighted by Crippen LogP contribution is -2.14. The number of benzene rings is 3. The highest BCUT2D eigenvalue weighted by molar-refractivity contribution is 7.99. The SMILES string of the molecule is Cc1ccccc1-n1c(C)nnc1SCC(=O)Nc1cccc(Oc2ccccc2)c1. The summed E-state index contributed by atoms with van der Waals surface area (Å²) in [5.41, 5.74) is 2.81. The van der Waals surface area contributed by atoms with Crippen LogP contribution in [0.3, 0.4) is 0 Å². The van der Waals surface area contributed by atoms with Crippen LogP contribution in [0.25, 0.3) is 5.69 Å². The third-order valence-electron chi connectivity index (χ3n) is 4.58. The molecule has 0 atom stereocenters. The van der Waals surface area contributed by atoms with Crippen molar-refractivity contribution in [3.05, 3.63) is 90.3 Å². The molecule has 0 unspecified atom stereocenters. The van der Waals surface area contributed by atoms with Crippen LogP contribution in [0, 0.1) is 13.8 Å². The minimum absolute atomic E-state index is 0.126. The second-order valence-electron chi connectivity index (χ2n) is 6.93. The first kappa shape index (κ1) is 20.7. The number of carbonyl (C=O) groups excluding carboxylic acids is 1. The van der Waals surface area contributed by atoms with Crippen molar-refractivity contribution in [2.45, 2.75) is 19.0 Å². The second kappa shape index (κ2) is 9.49. The number of hydrogen-bond acceptors (Lipinski definition) is 5. The molecule has 4 rings (SSSR count). The number of para-hydroxylation sites is 2. The van der Waals surface area contributed by atoms with E-state index in [1.54, 1.807) is 6.07 Å². The zero-order valence-corrected chi connectivity index (χ0v) is 18.1. The predicted octanol–water partition coefficient (Wildman–Crippen LogP) is 5.41. The van der Waals surface area contributed by atoms with E-state index in [4.69, 9.17) is 4.74 Å². The van der Waals surface area contributed by atoms with Gasteiger partial charge in [-0.3, -0.25) is 9.36 Å². The molecule has 0 fully saturated rings. The summed E-state index contributed by atoms with van der Waals surface area (Å²) in [4.78, 5) is 12.5. The number of aromatic nitrogens is 3. The molecule has 156 valence electrons. The number of ether oxygens (including phenoxy) is 1. The van der Waals surface area contributed by atoms with E-state index in [1.807, 2.05) is 91.2 Å². The van der Waals surface area contributed by atoms with Crippen LogP contribution < -0.4 is 10.1 Å². The average Bonchev–Trinajstić information content (AvgIpc) is 3.14. The molecular weight excluding hydrogens is 408 g/mol. The van der Waals surface area contributed by atoms with Crippen molar-refractivity contribution in [3.63, 3.8) is 0 Å². The van der Waals surface area contributed by atoms with Gasteiger partial charge < -0.3 is 10.1 Å². The van der Waals surface area contributed by atoms with Crippen LogP contribution in [0.15, 0.2) is 84.0 Å². The number of hydrogen-bond donors (Lipinski definition) is 1. The molecule has 4 aromatic rings. The van der Waals surface area contributed by atoms with Crippen LogP contribution in [0.2, 0.25) is 0 Å². The first-order chi connectivity index (χ1) is 15.1. The molecule has 0 saturated heterocycles. The molecule has 0 bridgehead atoms. The average molecular weight is 431 g/mol. The Labute approximate surface area is 185 Å². The molecule has 1 aromatic heterocycles. The maximum atomic E-state index is 12.5. The van der Waals surface area contributed by atoms with Gasteiger partial charge in [-0.05, 0) is 49.7 Å². The molecule has 1 heterocycles. The van der Waals surface area contributed by atoms with E-state index < -0.39 is 0 Å². The van der Waals surface area contributed by atoms with Gasteiger partial charge in [-0.2, -0.15) is 0 Å². The summed E-state index contributed by atoms with van der Waals surface area (Å²) < 4.78 is 7.80. The van der Waals surface area contributed by atoms with Gasteiger partial charge in [-0.1, -0.05) is 54.2 Å². The topological polar surface area (TPSA) is 69.0 Å². The summed E-state index contributed by atoms with van der Waals surface area (Å²) in [6, 6.07) is 24.9. The Kier molecular flexibility index (Phi) is 6.33. The first-order valence-corrected chi connectivity index (χ1v) is 10.8. The number of aryl methyl sites for hydroxylation is 2. The van der Waals surface area contributed by atoms with Crippen molar-refractivity contribution in [3.8, 4) is 17.2 Å². The van der Waals surface area contributed by atoms with Crippen LogP contribution in [0.4, 0.5) is 5.69 Å². The number of nitrogens with one attached hydrogen (secondary N) is 1. The maximum Gasteiger partial charge on any atom is 0.234 e. The van der Waals surface area contributed by atoms with Crippen molar-refractivity contribution in [1.82, 2.24) is 14.8 Å². The summed E-state index contributed by atoms with van der Waals surface area (Å²) in [5, 5.41) is 12.0. The van der Waals surface area contributed by atoms with Crippen molar-refractivity contribution in [2.24, 2.45) is 0 Å². The van der Waals surface area contributed by atoms with Gasteiger partial charge in [0.2, 0.25) is 5.91 Å². The molecule has 0 saturated carbocycles. The number of carbonyl (C=O) groups is 1. The van der Waals surface area contributed by atoms with Crippen LogP contribution in [-0.4, -0.2) is 26.4 Å². The lowest BCUT2D eigenvalue weighted by Gasteiger charge is -2.11. The van der Waals surface area contributed by atoms with E-state index in [0.717, 1.165) is 22.8 Å². The molecule has 0 spiro atoms. The number of thioether (sulfide) groups is 1. The number of amides is 1. The Balaban J connectivity index is 1.41. The zero-order chi connectivity index (χ0) is 21.6. The summed E-state index contributed by atoms with van der Waals surface area (Å²) in [5.74, 6) is 2.27. The van der Waals surface area contributed by atoms with E-state index in [-0.39, 0.29) is 11.7 Å². The Morgan fingerprint density at radius 3 is 2.48 bits per heavy atom.